The van der Waals surface area contributed by atoms with Crippen LogP contribution in [-0.4, -0.2) is 25.6 Å². The van der Waals surface area contributed by atoms with Crippen molar-refractivity contribution in [3.8, 4) is 0 Å². The molecule has 0 aliphatic carbocycles. The van der Waals surface area contributed by atoms with Crippen LogP contribution in [-0.2, 0) is 6.42 Å². The number of aryl methyl sites for hydroxylation is 1. The molecule has 3 N–H and O–H groups in total. The van der Waals surface area contributed by atoms with E-state index in [0.29, 0.717) is 23.8 Å². The van der Waals surface area contributed by atoms with Crippen molar-refractivity contribution in [3.05, 3.63) is 28.1 Å². The van der Waals surface area contributed by atoms with Crippen molar-refractivity contribution in [3.63, 3.8) is 0 Å². The highest BCUT2D eigenvalue weighted by Crippen LogP contribution is 2.09. The highest BCUT2D eigenvalue weighted by atomic mass is 16.1. The average Bonchev–Trinajstić information content (AvgIpc) is 2.58. The van der Waals surface area contributed by atoms with Gasteiger partial charge in [-0.1, -0.05) is 13.8 Å². The van der Waals surface area contributed by atoms with Gasteiger partial charge in [-0.3, -0.25) is 0 Å². The van der Waals surface area contributed by atoms with Crippen molar-refractivity contribution in [2.45, 2.75) is 39.7 Å². The lowest BCUT2D eigenvalue weighted by atomic mass is 10.0. The van der Waals surface area contributed by atoms with Crippen molar-refractivity contribution in [2.75, 3.05) is 0 Å². The highest BCUT2D eigenvalue weighted by Gasteiger charge is 2.11. The summed E-state index contributed by atoms with van der Waals surface area (Å²) in [6, 6.07) is 1.90. The Labute approximate surface area is 105 Å². The first-order valence-corrected chi connectivity index (χ1v) is 6.16. The summed E-state index contributed by atoms with van der Waals surface area (Å²) < 4.78 is 1.46. The number of aromatic nitrogens is 4. The Bertz CT molecular complexity index is 598. The Kier molecular flexibility index (Phi) is 3.47. The van der Waals surface area contributed by atoms with Gasteiger partial charge in [-0.2, -0.15) is 5.10 Å². The van der Waals surface area contributed by atoms with E-state index < -0.39 is 0 Å². The van der Waals surface area contributed by atoms with E-state index in [1.807, 2.05) is 6.07 Å². The molecule has 0 amide bonds. The van der Waals surface area contributed by atoms with E-state index in [1.165, 1.54) is 4.40 Å². The Morgan fingerprint density at radius 3 is 2.89 bits per heavy atom. The zero-order chi connectivity index (χ0) is 13.3. The van der Waals surface area contributed by atoms with Crippen LogP contribution in [0.2, 0.25) is 0 Å². The fourth-order valence-corrected chi connectivity index (χ4v) is 2.22. The van der Waals surface area contributed by atoms with Crippen molar-refractivity contribution in [2.24, 2.45) is 11.7 Å². The topological polar surface area (TPSA) is 89.1 Å². The molecule has 0 saturated heterocycles. The van der Waals surface area contributed by atoms with E-state index in [-0.39, 0.29) is 11.7 Å². The summed E-state index contributed by atoms with van der Waals surface area (Å²) in [5.41, 5.74) is 7.29. The SMILES string of the molecule is Cc1nc(CC(N)CC(C)C)cc2n[nH]c(=O)n12. The molecule has 0 bridgehead atoms. The summed E-state index contributed by atoms with van der Waals surface area (Å²) in [7, 11) is 0. The molecule has 0 spiro atoms. The summed E-state index contributed by atoms with van der Waals surface area (Å²) in [5, 5.41) is 6.37. The highest BCUT2D eigenvalue weighted by molar-refractivity contribution is 5.38. The lowest BCUT2D eigenvalue weighted by Crippen LogP contribution is -2.25. The molecule has 98 valence electrons. The maximum atomic E-state index is 11.5. The quantitative estimate of drug-likeness (QED) is 0.832. The zero-order valence-electron chi connectivity index (χ0n) is 11.0. The second-order valence-electron chi connectivity index (χ2n) is 5.11. The van der Waals surface area contributed by atoms with Gasteiger partial charge in [0.25, 0.3) is 0 Å². The van der Waals surface area contributed by atoms with E-state index in [1.54, 1.807) is 6.92 Å². The third-order valence-corrected chi connectivity index (χ3v) is 2.87. The summed E-state index contributed by atoms with van der Waals surface area (Å²) in [4.78, 5) is 15.9. The van der Waals surface area contributed by atoms with Crippen LogP contribution >= 0.6 is 0 Å². The normalized spacial score (nSPS) is 13.4. The zero-order valence-corrected chi connectivity index (χ0v) is 11.0. The number of nitrogens with two attached hydrogens (primary N) is 1. The lowest BCUT2D eigenvalue weighted by molar-refractivity contribution is 0.490. The number of aromatic amines is 1. The standard InChI is InChI=1S/C12H19N5O/c1-7(2)4-9(13)5-10-6-11-15-16-12(18)17(11)8(3)14-10/h6-7,9H,4-5,13H2,1-3H3,(H,16,18). The second kappa shape index (κ2) is 4.89. The molecular weight excluding hydrogens is 230 g/mol. The second-order valence-corrected chi connectivity index (χ2v) is 5.11. The number of nitrogens with one attached hydrogen (secondary N) is 1. The van der Waals surface area contributed by atoms with Gasteiger partial charge in [-0.05, 0) is 19.3 Å². The van der Waals surface area contributed by atoms with E-state index in [4.69, 9.17) is 5.73 Å². The van der Waals surface area contributed by atoms with E-state index in [0.717, 1.165) is 12.1 Å². The molecule has 2 aromatic rings. The van der Waals surface area contributed by atoms with Crippen LogP contribution < -0.4 is 11.4 Å². The van der Waals surface area contributed by atoms with Crippen LogP contribution in [0.3, 0.4) is 0 Å². The predicted molar refractivity (Wildman–Crippen MR) is 69.5 cm³/mol. The predicted octanol–water partition coefficient (Wildman–Crippen LogP) is 0.642. The smallest absolute Gasteiger partial charge is 0.327 e. The van der Waals surface area contributed by atoms with Gasteiger partial charge < -0.3 is 5.73 Å². The van der Waals surface area contributed by atoms with Gasteiger partial charge in [0.15, 0.2) is 5.65 Å². The number of fused-ring (bicyclic) bond motifs is 1. The molecule has 2 aromatic heterocycles. The number of rotatable bonds is 4. The molecule has 0 aromatic carbocycles. The summed E-state index contributed by atoms with van der Waals surface area (Å²) in [6.07, 6.45) is 1.66. The van der Waals surface area contributed by atoms with Crippen molar-refractivity contribution in [1.82, 2.24) is 19.6 Å². The number of hydrogen-bond acceptors (Lipinski definition) is 4. The van der Waals surface area contributed by atoms with Gasteiger partial charge in [-0.25, -0.2) is 19.3 Å². The fraction of sp³-hybridized carbons (Fsp3) is 0.583. The number of nitrogens with zero attached hydrogens (tertiary/aromatic N) is 3. The molecule has 0 radical (unpaired) electrons. The van der Waals surface area contributed by atoms with Gasteiger partial charge >= 0.3 is 5.69 Å². The van der Waals surface area contributed by atoms with Crippen LogP contribution in [0.4, 0.5) is 0 Å². The van der Waals surface area contributed by atoms with Crippen LogP contribution in [0, 0.1) is 12.8 Å². The minimum atomic E-state index is -0.256. The molecule has 1 atom stereocenters. The monoisotopic (exact) mass is 249 g/mol. The Morgan fingerprint density at radius 2 is 2.22 bits per heavy atom. The van der Waals surface area contributed by atoms with Crippen molar-refractivity contribution in [1.29, 1.82) is 0 Å². The number of H-pyrrole nitrogens is 1. The van der Waals surface area contributed by atoms with Gasteiger partial charge in [0, 0.05) is 24.2 Å². The molecule has 1 unspecified atom stereocenters. The van der Waals surface area contributed by atoms with Gasteiger partial charge in [0.2, 0.25) is 0 Å². The fourth-order valence-electron chi connectivity index (χ4n) is 2.22. The van der Waals surface area contributed by atoms with Crippen LogP contribution in [0.15, 0.2) is 10.9 Å². The lowest BCUT2D eigenvalue weighted by Gasteiger charge is -2.13. The third-order valence-electron chi connectivity index (χ3n) is 2.87. The first-order chi connectivity index (χ1) is 8.47. The molecule has 18 heavy (non-hydrogen) atoms. The van der Waals surface area contributed by atoms with E-state index in [9.17, 15) is 4.79 Å². The van der Waals surface area contributed by atoms with E-state index >= 15 is 0 Å². The van der Waals surface area contributed by atoms with Crippen molar-refractivity contribution < 1.29 is 0 Å². The molecule has 0 aliphatic heterocycles. The van der Waals surface area contributed by atoms with Gasteiger partial charge in [0.1, 0.15) is 5.82 Å². The molecule has 0 aliphatic rings. The van der Waals surface area contributed by atoms with Crippen LogP contribution in [0.25, 0.3) is 5.65 Å². The van der Waals surface area contributed by atoms with Gasteiger partial charge in [0.05, 0.1) is 0 Å². The molecule has 2 rings (SSSR count). The molecule has 6 heteroatoms. The Hall–Kier alpha value is -1.69. The van der Waals surface area contributed by atoms with Crippen LogP contribution in [0.1, 0.15) is 31.8 Å². The van der Waals surface area contributed by atoms with E-state index in [2.05, 4.69) is 29.0 Å². The largest absolute Gasteiger partial charge is 0.349 e. The molecule has 2 heterocycles. The Balaban J connectivity index is 2.27. The Morgan fingerprint density at radius 1 is 1.50 bits per heavy atom. The van der Waals surface area contributed by atoms with Crippen molar-refractivity contribution >= 4 is 5.65 Å². The first kappa shape index (κ1) is 12.8. The molecular formula is C12H19N5O. The molecule has 0 fully saturated rings. The minimum Gasteiger partial charge on any atom is -0.327 e. The summed E-state index contributed by atoms with van der Waals surface area (Å²) >= 11 is 0. The molecule has 6 nitrogen and oxygen atoms in total. The third kappa shape index (κ3) is 2.59. The average molecular weight is 249 g/mol. The summed E-state index contributed by atoms with van der Waals surface area (Å²) in [5.74, 6) is 1.20. The van der Waals surface area contributed by atoms with Gasteiger partial charge in [-0.15, -0.1) is 0 Å². The molecule has 0 saturated carbocycles. The minimum absolute atomic E-state index is 0.0880. The maximum Gasteiger partial charge on any atom is 0.349 e. The maximum absolute atomic E-state index is 11.5. The van der Waals surface area contributed by atoms with Crippen LogP contribution in [0.5, 0.6) is 0 Å². The first-order valence-electron chi connectivity index (χ1n) is 6.16. The number of hydrogen-bond donors (Lipinski definition) is 2. The summed E-state index contributed by atoms with van der Waals surface area (Å²) in [6.45, 7) is 6.09.